The molecule has 11 heteroatoms. The highest BCUT2D eigenvalue weighted by Gasteiger charge is 2.33. The van der Waals surface area contributed by atoms with E-state index in [0.29, 0.717) is 17.5 Å². The van der Waals surface area contributed by atoms with Crippen molar-refractivity contribution < 1.29 is 35.5 Å². The topological polar surface area (TPSA) is 99.3 Å². The van der Waals surface area contributed by atoms with Crippen LogP contribution >= 0.6 is 0 Å². The van der Waals surface area contributed by atoms with Crippen LogP contribution in [-0.4, -0.2) is 31.5 Å². The summed E-state index contributed by atoms with van der Waals surface area (Å²) < 4.78 is 80.6. The third-order valence-electron chi connectivity index (χ3n) is 4.81. The van der Waals surface area contributed by atoms with Crippen LogP contribution in [0, 0.1) is 5.82 Å². The molecule has 0 aliphatic carbocycles. The number of primary sulfonamides is 1. The third kappa shape index (κ3) is 9.09. The summed E-state index contributed by atoms with van der Waals surface area (Å²) in [6.07, 6.45) is -3.19. The Kier molecular flexibility index (Phi) is 9.35. The first kappa shape index (κ1) is 26.7. The Morgan fingerprint density at radius 3 is 2.42 bits per heavy atom. The highest BCUT2D eigenvalue weighted by atomic mass is 32.2. The number of sulfonamides is 1. The smallest absolute Gasteiger partial charge is 0.433 e. The summed E-state index contributed by atoms with van der Waals surface area (Å²) in [5.74, 6) is -1.42. The van der Waals surface area contributed by atoms with Gasteiger partial charge in [0.05, 0.1) is 12.4 Å². The van der Waals surface area contributed by atoms with Crippen molar-refractivity contribution in [1.29, 1.82) is 0 Å². The van der Waals surface area contributed by atoms with Crippen LogP contribution in [0.1, 0.15) is 48.6 Å². The fraction of sp³-hybridized carbons (Fsp3) is 0.455. The van der Waals surface area contributed by atoms with E-state index in [0.717, 1.165) is 18.6 Å². The zero-order valence-corrected chi connectivity index (χ0v) is 18.9. The van der Waals surface area contributed by atoms with E-state index in [-0.39, 0.29) is 49.5 Å². The van der Waals surface area contributed by atoms with Crippen molar-refractivity contribution in [1.82, 2.24) is 4.98 Å². The lowest BCUT2D eigenvalue weighted by atomic mass is 10.0. The van der Waals surface area contributed by atoms with Gasteiger partial charge in [-0.15, -0.1) is 0 Å². The molecule has 0 aliphatic heterocycles. The van der Waals surface area contributed by atoms with Gasteiger partial charge in [-0.3, -0.25) is 4.79 Å². The van der Waals surface area contributed by atoms with Crippen molar-refractivity contribution in [3.8, 4) is 5.88 Å². The van der Waals surface area contributed by atoms with Crippen molar-refractivity contribution in [2.24, 2.45) is 5.14 Å². The molecule has 0 radical (unpaired) electrons. The fourth-order valence-electron chi connectivity index (χ4n) is 3.00. The zero-order valence-electron chi connectivity index (χ0n) is 18.1. The molecule has 0 fully saturated rings. The number of rotatable bonds is 12. The molecule has 6 nitrogen and oxygen atoms in total. The number of hydrogen-bond donors (Lipinski definition) is 1. The van der Waals surface area contributed by atoms with Crippen LogP contribution in [0.5, 0.6) is 5.88 Å². The maximum Gasteiger partial charge on any atom is 0.433 e. The van der Waals surface area contributed by atoms with Crippen molar-refractivity contribution >= 4 is 15.8 Å². The summed E-state index contributed by atoms with van der Waals surface area (Å²) >= 11 is 0. The van der Waals surface area contributed by atoms with E-state index < -0.39 is 33.5 Å². The monoisotopic (exact) mass is 490 g/mol. The van der Waals surface area contributed by atoms with Gasteiger partial charge in [0.1, 0.15) is 17.3 Å². The minimum absolute atomic E-state index is 0.00592. The molecule has 2 N–H and O–H groups in total. The van der Waals surface area contributed by atoms with E-state index in [1.807, 2.05) is 6.92 Å². The molecule has 2 aromatic rings. The van der Waals surface area contributed by atoms with Crippen LogP contribution in [0.15, 0.2) is 30.3 Å². The van der Waals surface area contributed by atoms with Gasteiger partial charge >= 0.3 is 6.18 Å². The van der Waals surface area contributed by atoms with E-state index in [2.05, 4.69) is 4.98 Å². The van der Waals surface area contributed by atoms with E-state index in [9.17, 15) is 30.8 Å². The quantitative estimate of drug-likeness (QED) is 0.358. The Hall–Kier alpha value is -2.53. The number of unbranched alkanes of at least 4 members (excludes halogenated alkanes) is 1. The van der Waals surface area contributed by atoms with Crippen LogP contribution in [0.4, 0.5) is 17.6 Å². The van der Waals surface area contributed by atoms with Crippen LogP contribution in [0.25, 0.3) is 0 Å². The van der Waals surface area contributed by atoms with Gasteiger partial charge in [-0.05, 0) is 42.5 Å². The molecule has 1 aromatic heterocycles. The SMILES string of the molecule is CCCCOc1nc(C(F)(F)F)ccc1CCC(=O)Cc1ccc(CCS(N)(=O)=O)c(F)c1. The van der Waals surface area contributed by atoms with Crippen LogP contribution in [0.3, 0.4) is 0 Å². The highest BCUT2D eigenvalue weighted by Crippen LogP contribution is 2.30. The first-order chi connectivity index (χ1) is 15.4. The average Bonchev–Trinajstić information content (AvgIpc) is 2.71. The first-order valence-electron chi connectivity index (χ1n) is 10.4. The summed E-state index contributed by atoms with van der Waals surface area (Å²) in [6, 6.07) is 6.20. The van der Waals surface area contributed by atoms with Crippen LogP contribution < -0.4 is 9.88 Å². The van der Waals surface area contributed by atoms with Gasteiger partial charge in [0, 0.05) is 18.4 Å². The fourth-order valence-corrected chi connectivity index (χ4v) is 3.51. The molecule has 1 heterocycles. The standard InChI is InChI=1S/C22H26F4N2O4S/c1-2-3-11-32-21-17(7-9-20(28-21)22(24,25)26)6-8-18(29)13-15-4-5-16(19(23)14-15)10-12-33(27,30)31/h4-5,7,9,14H,2-3,6,8,10-13H2,1H3,(H2,27,30,31). The minimum atomic E-state index is -4.61. The number of pyridine rings is 1. The van der Waals surface area contributed by atoms with Crippen LogP contribution in [0.2, 0.25) is 0 Å². The molecular formula is C22H26F4N2O4S. The lowest BCUT2D eigenvalue weighted by molar-refractivity contribution is -0.141. The Labute approximate surface area is 190 Å². The second-order valence-electron chi connectivity index (χ2n) is 7.62. The van der Waals surface area contributed by atoms with Gasteiger partial charge in [0.15, 0.2) is 0 Å². The average molecular weight is 491 g/mol. The Morgan fingerprint density at radius 1 is 1.12 bits per heavy atom. The number of carbonyl (C=O) groups is 1. The predicted molar refractivity (Wildman–Crippen MR) is 115 cm³/mol. The number of carbonyl (C=O) groups excluding carboxylic acids is 1. The Bertz CT molecular complexity index is 1070. The summed E-state index contributed by atoms with van der Waals surface area (Å²) in [6.45, 7) is 2.13. The Morgan fingerprint density at radius 2 is 1.82 bits per heavy atom. The second-order valence-corrected chi connectivity index (χ2v) is 9.35. The van der Waals surface area contributed by atoms with E-state index in [1.165, 1.54) is 18.2 Å². The summed E-state index contributed by atoms with van der Waals surface area (Å²) in [4.78, 5) is 16.0. The van der Waals surface area contributed by atoms with Gasteiger partial charge in [0.25, 0.3) is 0 Å². The third-order valence-corrected chi connectivity index (χ3v) is 5.59. The maximum absolute atomic E-state index is 14.2. The number of ketones is 1. The number of halogens is 4. The van der Waals surface area contributed by atoms with Gasteiger partial charge in [-0.2, -0.15) is 13.2 Å². The summed E-state index contributed by atoms with van der Waals surface area (Å²) in [5, 5.41) is 4.92. The molecule has 0 aliphatic rings. The normalized spacial score (nSPS) is 12.1. The minimum Gasteiger partial charge on any atom is -0.477 e. The number of alkyl halides is 3. The summed E-state index contributed by atoms with van der Waals surface area (Å²) in [5.41, 5.74) is -0.106. The number of ether oxygens (including phenoxy) is 1. The molecule has 0 unspecified atom stereocenters. The molecular weight excluding hydrogens is 464 g/mol. The molecule has 182 valence electrons. The molecule has 2 rings (SSSR count). The number of nitrogens with zero attached hydrogens (tertiary/aromatic N) is 1. The number of benzene rings is 1. The Balaban J connectivity index is 2.02. The van der Waals surface area contributed by atoms with Gasteiger partial charge in [-0.1, -0.05) is 31.5 Å². The molecule has 33 heavy (non-hydrogen) atoms. The van der Waals surface area contributed by atoms with Crippen molar-refractivity contribution in [3.63, 3.8) is 0 Å². The first-order valence-corrected chi connectivity index (χ1v) is 12.1. The van der Waals surface area contributed by atoms with Gasteiger partial charge in [0.2, 0.25) is 15.9 Å². The second kappa shape index (κ2) is 11.6. The predicted octanol–water partition coefficient (Wildman–Crippen LogP) is 3.99. The van der Waals surface area contributed by atoms with E-state index in [1.54, 1.807) is 0 Å². The maximum atomic E-state index is 14.2. The molecule has 0 amide bonds. The van der Waals surface area contributed by atoms with Gasteiger partial charge in [-0.25, -0.2) is 22.9 Å². The lowest BCUT2D eigenvalue weighted by Crippen LogP contribution is -2.18. The molecule has 1 aromatic carbocycles. The van der Waals surface area contributed by atoms with Crippen molar-refractivity contribution in [2.45, 2.75) is 51.6 Å². The van der Waals surface area contributed by atoms with Crippen molar-refractivity contribution in [2.75, 3.05) is 12.4 Å². The molecule has 0 spiro atoms. The lowest BCUT2D eigenvalue weighted by Gasteiger charge is -2.13. The molecule has 0 atom stereocenters. The number of aryl methyl sites for hydroxylation is 2. The number of Topliss-reactive ketones (excluding diaryl/α,β-unsaturated/α-hetero) is 1. The molecule has 0 saturated carbocycles. The number of hydrogen-bond acceptors (Lipinski definition) is 5. The van der Waals surface area contributed by atoms with Crippen LogP contribution in [-0.2, 0) is 40.3 Å². The van der Waals surface area contributed by atoms with Crippen molar-refractivity contribution in [3.05, 3.63) is 58.5 Å². The number of nitrogens with two attached hydrogens (primary N) is 1. The van der Waals surface area contributed by atoms with Gasteiger partial charge < -0.3 is 4.74 Å². The molecule has 0 bridgehead atoms. The van der Waals surface area contributed by atoms with E-state index in [4.69, 9.17) is 9.88 Å². The highest BCUT2D eigenvalue weighted by molar-refractivity contribution is 7.89. The summed E-state index contributed by atoms with van der Waals surface area (Å²) in [7, 11) is -3.72. The molecule has 0 saturated heterocycles. The number of aromatic nitrogens is 1. The van der Waals surface area contributed by atoms with E-state index >= 15 is 0 Å². The largest absolute Gasteiger partial charge is 0.477 e. The zero-order chi connectivity index (χ0) is 24.6.